The molecule has 0 unspecified atom stereocenters. The van der Waals surface area contributed by atoms with Gasteiger partial charge >= 0.3 is 0 Å². The van der Waals surface area contributed by atoms with E-state index < -0.39 is 11.0 Å². The molecule has 1 heterocycles. The average Bonchev–Trinajstić information content (AvgIpc) is 2.04. The Morgan fingerprint density at radius 3 is 2.54 bits per heavy atom. The average molecular weight is 179 g/mol. The summed E-state index contributed by atoms with van der Waals surface area (Å²) in [6, 6.07) is 2.07. The van der Waals surface area contributed by atoms with Crippen LogP contribution in [0.15, 0.2) is 0 Å². The van der Waals surface area contributed by atoms with E-state index in [0.717, 1.165) is 6.42 Å². The first kappa shape index (κ1) is 10.1. The predicted octanol–water partition coefficient (Wildman–Crippen LogP) is 0.691. The molecule has 0 aromatic heterocycles. The van der Waals surface area contributed by atoms with Crippen LogP contribution in [0.1, 0.15) is 19.8 Å². The van der Waals surface area contributed by atoms with E-state index in [2.05, 4.69) is 12.0 Å². The Kier molecular flexibility index (Phi) is 2.61. The van der Waals surface area contributed by atoms with Crippen molar-refractivity contribution in [2.45, 2.75) is 25.4 Å². The minimum Gasteiger partial charge on any atom is -0.378 e. The van der Waals surface area contributed by atoms with E-state index in [0.29, 0.717) is 6.42 Å². The van der Waals surface area contributed by atoms with Gasteiger partial charge in [-0.3, -0.25) is 0 Å². The second kappa shape index (κ2) is 3.38. The minimum absolute atomic E-state index is 0.240. The van der Waals surface area contributed by atoms with E-state index in [4.69, 9.17) is 16.4 Å². The van der Waals surface area contributed by atoms with Gasteiger partial charge in [0.05, 0.1) is 19.3 Å². The molecule has 0 aromatic carbocycles. The van der Waals surface area contributed by atoms with Crippen LogP contribution in [-0.2, 0) is 4.74 Å². The summed E-state index contributed by atoms with van der Waals surface area (Å²) in [5, 5.41) is 19.0. The molecule has 1 fully saturated rings. The molecule has 3 heteroatoms. The van der Waals surface area contributed by atoms with E-state index in [1.165, 1.54) is 0 Å². The highest BCUT2D eigenvalue weighted by Gasteiger charge is 2.55. The molecule has 0 amide bonds. The predicted molar refractivity (Wildman–Crippen MR) is 47.6 cm³/mol. The van der Waals surface area contributed by atoms with E-state index in [-0.39, 0.29) is 13.2 Å². The standard InChI is InChI=1S/C10H13NO2/c1-3-5-10(12,4-2)9(6-11)7-13-8-9/h2,12H,3,5,7-8H2,1H3/t10-/m1/s1. The molecular formula is C10H13NO2. The van der Waals surface area contributed by atoms with Gasteiger partial charge in [-0.15, -0.1) is 6.42 Å². The van der Waals surface area contributed by atoms with Crippen LogP contribution in [0, 0.1) is 29.1 Å². The summed E-state index contributed by atoms with van der Waals surface area (Å²) in [4.78, 5) is 0. The number of hydrogen-bond acceptors (Lipinski definition) is 3. The van der Waals surface area contributed by atoms with Gasteiger partial charge < -0.3 is 9.84 Å². The Morgan fingerprint density at radius 2 is 2.31 bits per heavy atom. The zero-order valence-electron chi connectivity index (χ0n) is 7.71. The molecule has 13 heavy (non-hydrogen) atoms. The fourth-order valence-electron chi connectivity index (χ4n) is 1.51. The number of nitrogens with zero attached hydrogens (tertiary/aromatic N) is 1. The van der Waals surface area contributed by atoms with Crippen LogP contribution in [0.4, 0.5) is 0 Å². The first-order valence-corrected chi connectivity index (χ1v) is 4.33. The topological polar surface area (TPSA) is 53.2 Å². The minimum atomic E-state index is -1.32. The van der Waals surface area contributed by atoms with Crippen LogP contribution in [0.25, 0.3) is 0 Å². The molecule has 0 spiro atoms. The van der Waals surface area contributed by atoms with Crippen molar-refractivity contribution in [2.24, 2.45) is 5.41 Å². The molecule has 1 saturated heterocycles. The summed E-state index contributed by atoms with van der Waals surface area (Å²) in [5.41, 5.74) is -2.20. The number of nitriles is 1. The van der Waals surface area contributed by atoms with Gasteiger partial charge in [0.15, 0.2) is 0 Å². The third kappa shape index (κ3) is 1.31. The molecule has 0 aromatic rings. The summed E-state index contributed by atoms with van der Waals surface area (Å²) in [6.07, 6.45) is 6.46. The summed E-state index contributed by atoms with van der Waals surface area (Å²) < 4.78 is 4.95. The van der Waals surface area contributed by atoms with Crippen LogP contribution >= 0.6 is 0 Å². The molecular weight excluding hydrogens is 166 g/mol. The number of hydrogen-bond donors (Lipinski definition) is 1. The van der Waals surface area contributed by atoms with Crippen molar-refractivity contribution < 1.29 is 9.84 Å². The van der Waals surface area contributed by atoms with Crippen molar-refractivity contribution in [2.75, 3.05) is 13.2 Å². The Hall–Kier alpha value is -1.03. The lowest BCUT2D eigenvalue weighted by molar-refractivity contribution is -0.168. The molecule has 1 atom stereocenters. The molecule has 3 nitrogen and oxygen atoms in total. The summed E-state index contributed by atoms with van der Waals surface area (Å²) in [5.74, 6) is 2.33. The van der Waals surface area contributed by atoms with Gasteiger partial charge in [0.1, 0.15) is 11.0 Å². The number of rotatable bonds is 3. The molecule has 1 aliphatic rings. The second-order valence-electron chi connectivity index (χ2n) is 3.44. The first-order chi connectivity index (χ1) is 6.14. The normalized spacial score (nSPS) is 23.4. The third-order valence-electron chi connectivity index (χ3n) is 2.55. The smallest absolute Gasteiger partial charge is 0.148 e. The molecule has 1 aliphatic heterocycles. The zero-order chi connectivity index (χ0) is 9.95. The largest absolute Gasteiger partial charge is 0.378 e. The Morgan fingerprint density at radius 1 is 1.69 bits per heavy atom. The van der Waals surface area contributed by atoms with Crippen molar-refractivity contribution >= 4 is 0 Å². The van der Waals surface area contributed by atoms with Gasteiger partial charge in [-0.1, -0.05) is 19.3 Å². The van der Waals surface area contributed by atoms with Crippen molar-refractivity contribution in [1.82, 2.24) is 0 Å². The van der Waals surface area contributed by atoms with E-state index >= 15 is 0 Å². The lowest BCUT2D eigenvalue weighted by Crippen LogP contribution is -2.58. The van der Waals surface area contributed by atoms with Crippen LogP contribution in [0.2, 0.25) is 0 Å². The Labute approximate surface area is 78.3 Å². The van der Waals surface area contributed by atoms with Gasteiger partial charge in [-0.25, -0.2) is 0 Å². The maximum Gasteiger partial charge on any atom is 0.148 e. The molecule has 0 bridgehead atoms. The molecule has 1 rings (SSSR count). The van der Waals surface area contributed by atoms with Crippen LogP contribution in [0.5, 0.6) is 0 Å². The molecule has 0 saturated carbocycles. The Balaban J connectivity index is 2.88. The van der Waals surface area contributed by atoms with Crippen molar-refractivity contribution in [3.05, 3.63) is 0 Å². The summed E-state index contributed by atoms with van der Waals surface area (Å²) >= 11 is 0. The SMILES string of the molecule is C#C[C@@](O)(CCC)C1(C#N)COC1. The highest BCUT2D eigenvalue weighted by molar-refractivity contribution is 5.25. The van der Waals surface area contributed by atoms with Gasteiger partial charge in [-0.05, 0) is 6.42 Å². The van der Waals surface area contributed by atoms with Crippen molar-refractivity contribution in [3.8, 4) is 18.4 Å². The lowest BCUT2D eigenvalue weighted by atomic mass is 9.69. The van der Waals surface area contributed by atoms with E-state index in [1.54, 1.807) is 0 Å². The van der Waals surface area contributed by atoms with Crippen LogP contribution < -0.4 is 0 Å². The molecule has 1 N–H and O–H groups in total. The fourth-order valence-corrected chi connectivity index (χ4v) is 1.51. The molecule has 0 aliphatic carbocycles. The number of aliphatic hydroxyl groups is 1. The zero-order valence-corrected chi connectivity index (χ0v) is 7.71. The maximum atomic E-state index is 10.1. The monoisotopic (exact) mass is 179 g/mol. The van der Waals surface area contributed by atoms with Crippen molar-refractivity contribution in [1.29, 1.82) is 5.26 Å². The maximum absolute atomic E-state index is 10.1. The van der Waals surface area contributed by atoms with Crippen LogP contribution in [0.3, 0.4) is 0 Å². The van der Waals surface area contributed by atoms with E-state index in [9.17, 15) is 5.11 Å². The van der Waals surface area contributed by atoms with Gasteiger partial charge in [-0.2, -0.15) is 5.26 Å². The van der Waals surface area contributed by atoms with Gasteiger partial charge in [0.2, 0.25) is 0 Å². The second-order valence-corrected chi connectivity index (χ2v) is 3.44. The highest BCUT2D eigenvalue weighted by atomic mass is 16.5. The summed E-state index contributed by atoms with van der Waals surface area (Å²) in [6.45, 7) is 2.40. The number of ether oxygens (including phenoxy) is 1. The first-order valence-electron chi connectivity index (χ1n) is 4.33. The van der Waals surface area contributed by atoms with Crippen molar-refractivity contribution in [3.63, 3.8) is 0 Å². The fraction of sp³-hybridized carbons (Fsp3) is 0.700. The number of terminal acetylenes is 1. The molecule has 70 valence electrons. The Bertz CT molecular complexity index is 270. The quantitative estimate of drug-likeness (QED) is 0.648. The van der Waals surface area contributed by atoms with E-state index in [1.807, 2.05) is 6.92 Å². The molecule has 0 radical (unpaired) electrons. The highest BCUT2D eigenvalue weighted by Crippen LogP contribution is 2.40. The van der Waals surface area contributed by atoms with Gasteiger partial charge in [0, 0.05) is 0 Å². The summed E-state index contributed by atoms with van der Waals surface area (Å²) in [7, 11) is 0. The van der Waals surface area contributed by atoms with Gasteiger partial charge in [0.25, 0.3) is 0 Å². The third-order valence-corrected chi connectivity index (χ3v) is 2.55. The lowest BCUT2D eigenvalue weighted by Gasteiger charge is -2.44. The van der Waals surface area contributed by atoms with Crippen LogP contribution in [-0.4, -0.2) is 23.9 Å².